The van der Waals surface area contributed by atoms with Gasteiger partial charge in [-0.2, -0.15) is 5.10 Å². The predicted molar refractivity (Wildman–Crippen MR) is 80.9 cm³/mol. The standard InChI is InChI=1S/C15H22N4O/c1-18(2)11-12-5-6-15(20-4)14(9-12)16-10-13-7-8-17-19(13)3/h5-9,16H,10-11H2,1-4H3. The fourth-order valence-electron chi connectivity index (χ4n) is 2.12. The molecule has 0 unspecified atom stereocenters. The third-order valence-corrected chi connectivity index (χ3v) is 3.15. The summed E-state index contributed by atoms with van der Waals surface area (Å²) in [5, 5.41) is 7.58. The van der Waals surface area contributed by atoms with Gasteiger partial charge in [-0.1, -0.05) is 6.07 Å². The highest BCUT2D eigenvalue weighted by Gasteiger charge is 2.06. The molecule has 1 aromatic carbocycles. The molecule has 1 N–H and O–H groups in total. The van der Waals surface area contributed by atoms with Crippen molar-refractivity contribution in [3.05, 3.63) is 41.7 Å². The van der Waals surface area contributed by atoms with Crippen LogP contribution in [0.25, 0.3) is 0 Å². The Morgan fingerprint density at radius 2 is 2.10 bits per heavy atom. The summed E-state index contributed by atoms with van der Waals surface area (Å²) in [6.45, 7) is 1.63. The maximum Gasteiger partial charge on any atom is 0.141 e. The van der Waals surface area contributed by atoms with E-state index in [2.05, 4.69) is 41.5 Å². The molecule has 0 aliphatic heterocycles. The van der Waals surface area contributed by atoms with Crippen LogP contribution in [0.2, 0.25) is 0 Å². The number of nitrogens with one attached hydrogen (secondary N) is 1. The summed E-state index contributed by atoms with van der Waals surface area (Å²) >= 11 is 0. The number of aromatic nitrogens is 2. The molecule has 0 fully saturated rings. The summed E-state index contributed by atoms with van der Waals surface area (Å²) in [4.78, 5) is 2.15. The van der Waals surface area contributed by atoms with Crippen molar-refractivity contribution < 1.29 is 4.74 Å². The Labute approximate surface area is 120 Å². The first-order valence-electron chi connectivity index (χ1n) is 6.62. The summed E-state index contributed by atoms with van der Waals surface area (Å²) in [6, 6.07) is 8.23. The Morgan fingerprint density at radius 1 is 1.30 bits per heavy atom. The van der Waals surface area contributed by atoms with E-state index in [0.29, 0.717) is 0 Å². The predicted octanol–water partition coefficient (Wildman–Crippen LogP) is 2.10. The van der Waals surface area contributed by atoms with Crippen LogP contribution in [0.1, 0.15) is 11.3 Å². The van der Waals surface area contributed by atoms with Crippen molar-refractivity contribution in [2.24, 2.45) is 7.05 Å². The molecule has 1 heterocycles. The van der Waals surface area contributed by atoms with E-state index in [9.17, 15) is 0 Å². The SMILES string of the molecule is COc1ccc(CN(C)C)cc1NCc1ccnn1C. The van der Waals surface area contributed by atoms with Gasteiger partial charge in [0.1, 0.15) is 5.75 Å². The van der Waals surface area contributed by atoms with Gasteiger partial charge in [0.25, 0.3) is 0 Å². The van der Waals surface area contributed by atoms with Crippen molar-refractivity contribution in [3.8, 4) is 5.75 Å². The molecule has 0 aliphatic carbocycles. The van der Waals surface area contributed by atoms with Crippen LogP contribution >= 0.6 is 0 Å². The number of nitrogens with zero attached hydrogens (tertiary/aromatic N) is 3. The maximum absolute atomic E-state index is 5.41. The first kappa shape index (κ1) is 14.4. The van der Waals surface area contributed by atoms with Crippen LogP contribution in [0.3, 0.4) is 0 Å². The number of ether oxygens (including phenoxy) is 1. The van der Waals surface area contributed by atoms with Crippen LogP contribution in [0, 0.1) is 0 Å². The molecule has 0 spiro atoms. The lowest BCUT2D eigenvalue weighted by Crippen LogP contribution is -2.11. The highest BCUT2D eigenvalue weighted by molar-refractivity contribution is 5.58. The molecule has 108 valence electrons. The zero-order valence-electron chi connectivity index (χ0n) is 12.6. The Hall–Kier alpha value is -2.01. The molecule has 0 saturated carbocycles. The summed E-state index contributed by atoms with van der Waals surface area (Å²) in [6.07, 6.45) is 1.80. The molecule has 0 atom stereocenters. The molecule has 20 heavy (non-hydrogen) atoms. The summed E-state index contributed by atoms with van der Waals surface area (Å²) in [7, 11) is 7.76. The van der Waals surface area contributed by atoms with Crippen molar-refractivity contribution >= 4 is 5.69 Å². The Bertz CT molecular complexity index is 563. The third kappa shape index (κ3) is 3.51. The van der Waals surface area contributed by atoms with Gasteiger partial charge in [0.2, 0.25) is 0 Å². The van der Waals surface area contributed by atoms with Crippen molar-refractivity contribution in [2.45, 2.75) is 13.1 Å². The van der Waals surface area contributed by atoms with Gasteiger partial charge in [-0.25, -0.2) is 0 Å². The molecule has 5 heteroatoms. The fourth-order valence-corrected chi connectivity index (χ4v) is 2.12. The number of rotatable bonds is 6. The van der Waals surface area contributed by atoms with E-state index in [4.69, 9.17) is 4.74 Å². The average Bonchev–Trinajstić information content (AvgIpc) is 2.81. The minimum Gasteiger partial charge on any atom is -0.495 e. The Balaban J connectivity index is 2.13. The molecule has 2 rings (SSSR count). The lowest BCUT2D eigenvalue weighted by Gasteiger charge is -2.15. The summed E-state index contributed by atoms with van der Waals surface area (Å²) < 4.78 is 7.27. The van der Waals surface area contributed by atoms with Gasteiger partial charge in [0.05, 0.1) is 25.0 Å². The van der Waals surface area contributed by atoms with E-state index in [1.165, 1.54) is 5.56 Å². The number of hydrogen-bond donors (Lipinski definition) is 1. The first-order chi connectivity index (χ1) is 9.60. The number of anilines is 1. The molecule has 0 bridgehead atoms. The summed E-state index contributed by atoms with van der Waals surface area (Å²) in [5.74, 6) is 0.856. The van der Waals surface area contributed by atoms with Gasteiger partial charge in [0.15, 0.2) is 0 Å². The van der Waals surface area contributed by atoms with Crippen LogP contribution in [-0.2, 0) is 20.1 Å². The molecule has 1 aromatic heterocycles. The maximum atomic E-state index is 5.41. The zero-order chi connectivity index (χ0) is 14.5. The van der Waals surface area contributed by atoms with Crippen LogP contribution in [0.4, 0.5) is 5.69 Å². The smallest absolute Gasteiger partial charge is 0.141 e. The largest absolute Gasteiger partial charge is 0.495 e. The summed E-state index contributed by atoms with van der Waals surface area (Å²) in [5.41, 5.74) is 3.39. The average molecular weight is 274 g/mol. The molecular formula is C15H22N4O. The molecular weight excluding hydrogens is 252 g/mol. The highest BCUT2D eigenvalue weighted by atomic mass is 16.5. The highest BCUT2D eigenvalue weighted by Crippen LogP contribution is 2.26. The van der Waals surface area contributed by atoms with Crippen molar-refractivity contribution in [1.82, 2.24) is 14.7 Å². The molecule has 0 saturated heterocycles. The lowest BCUT2D eigenvalue weighted by molar-refractivity contribution is 0.400. The Kier molecular flexibility index (Phi) is 4.63. The van der Waals surface area contributed by atoms with E-state index in [0.717, 1.165) is 30.2 Å². The van der Waals surface area contributed by atoms with Crippen LogP contribution in [-0.4, -0.2) is 35.9 Å². The second-order valence-electron chi connectivity index (χ2n) is 5.07. The normalized spacial score (nSPS) is 10.8. The molecule has 0 aliphatic rings. The van der Waals surface area contributed by atoms with Crippen LogP contribution in [0.5, 0.6) is 5.75 Å². The second-order valence-corrected chi connectivity index (χ2v) is 5.07. The second kappa shape index (κ2) is 6.43. The topological polar surface area (TPSA) is 42.3 Å². The van der Waals surface area contributed by atoms with Gasteiger partial charge in [-0.3, -0.25) is 4.68 Å². The van der Waals surface area contributed by atoms with E-state index < -0.39 is 0 Å². The van der Waals surface area contributed by atoms with Crippen molar-refractivity contribution in [3.63, 3.8) is 0 Å². The minimum atomic E-state index is 0.721. The number of methoxy groups -OCH3 is 1. The van der Waals surface area contributed by atoms with Gasteiger partial charge >= 0.3 is 0 Å². The lowest BCUT2D eigenvalue weighted by atomic mass is 10.1. The quantitative estimate of drug-likeness (QED) is 0.876. The number of hydrogen-bond acceptors (Lipinski definition) is 4. The monoisotopic (exact) mass is 274 g/mol. The van der Waals surface area contributed by atoms with E-state index in [-0.39, 0.29) is 0 Å². The van der Waals surface area contributed by atoms with E-state index >= 15 is 0 Å². The molecule has 5 nitrogen and oxygen atoms in total. The number of aryl methyl sites for hydroxylation is 1. The van der Waals surface area contributed by atoms with Gasteiger partial charge in [0, 0.05) is 19.8 Å². The third-order valence-electron chi connectivity index (χ3n) is 3.15. The van der Waals surface area contributed by atoms with Gasteiger partial charge in [-0.05, 0) is 37.9 Å². The van der Waals surface area contributed by atoms with Crippen LogP contribution in [0.15, 0.2) is 30.5 Å². The van der Waals surface area contributed by atoms with Crippen molar-refractivity contribution in [1.29, 1.82) is 0 Å². The number of benzene rings is 1. The van der Waals surface area contributed by atoms with Gasteiger partial charge in [-0.15, -0.1) is 0 Å². The zero-order valence-corrected chi connectivity index (χ0v) is 12.6. The van der Waals surface area contributed by atoms with Gasteiger partial charge < -0.3 is 15.0 Å². The Morgan fingerprint density at radius 3 is 2.70 bits per heavy atom. The fraction of sp³-hybridized carbons (Fsp3) is 0.400. The van der Waals surface area contributed by atoms with Crippen LogP contribution < -0.4 is 10.1 Å². The van der Waals surface area contributed by atoms with E-state index in [1.54, 1.807) is 13.3 Å². The molecule has 2 aromatic rings. The molecule has 0 radical (unpaired) electrons. The van der Waals surface area contributed by atoms with E-state index in [1.807, 2.05) is 23.9 Å². The molecule has 0 amide bonds. The first-order valence-corrected chi connectivity index (χ1v) is 6.62. The minimum absolute atomic E-state index is 0.721. The van der Waals surface area contributed by atoms with Crippen molar-refractivity contribution in [2.75, 3.05) is 26.5 Å².